The maximum atomic E-state index is 10.8. The first-order chi connectivity index (χ1) is 6.56. The third kappa shape index (κ3) is 2.47. The van der Waals surface area contributed by atoms with Crippen molar-refractivity contribution in [3.63, 3.8) is 0 Å². The molecule has 0 spiro atoms. The molecular weight excluding hydrogens is 178 g/mol. The lowest BCUT2D eigenvalue weighted by atomic mass is 9.95. The molecule has 0 amide bonds. The molecule has 2 atom stereocenters. The van der Waals surface area contributed by atoms with Crippen LogP contribution in [0.5, 0.6) is 0 Å². The van der Waals surface area contributed by atoms with E-state index in [0.29, 0.717) is 18.4 Å². The van der Waals surface area contributed by atoms with Crippen molar-refractivity contribution in [2.45, 2.75) is 52.1 Å². The Morgan fingerprint density at radius 2 is 2.21 bits per heavy atom. The topological polar surface area (TPSA) is 40.5 Å². The minimum atomic E-state index is -0.666. The molecule has 0 unspecified atom stereocenters. The predicted octanol–water partition coefficient (Wildman–Crippen LogP) is 1.97. The van der Waals surface area contributed by atoms with Gasteiger partial charge in [-0.25, -0.2) is 0 Å². The zero-order valence-corrected chi connectivity index (χ0v) is 9.36. The van der Waals surface area contributed by atoms with Crippen molar-refractivity contribution in [3.05, 3.63) is 0 Å². The third-order valence-corrected chi connectivity index (χ3v) is 3.30. The van der Waals surface area contributed by atoms with Crippen molar-refractivity contribution in [3.8, 4) is 0 Å². The molecule has 14 heavy (non-hydrogen) atoms. The number of hydrogen-bond acceptors (Lipinski definition) is 2. The molecule has 1 fully saturated rings. The Bertz CT molecular complexity index is 203. The molecule has 1 heterocycles. The van der Waals surface area contributed by atoms with Crippen LogP contribution in [-0.4, -0.2) is 34.6 Å². The van der Waals surface area contributed by atoms with Gasteiger partial charge >= 0.3 is 5.97 Å². The average molecular weight is 199 g/mol. The van der Waals surface area contributed by atoms with Gasteiger partial charge in [0.15, 0.2) is 0 Å². The summed E-state index contributed by atoms with van der Waals surface area (Å²) in [5, 5.41) is 8.86. The molecule has 3 heteroatoms. The van der Waals surface area contributed by atoms with E-state index < -0.39 is 5.97 Å². The van der Waals surface area contributed by atoms with E-state index in [4.69, 9.17) is 5.11 Å². The molecule has 3 nitrogen and oxygen atoms in total. The first-order valence-electron chi connectivity index (χ1n) is 5.53. The number of carboxylic acids is 1. The molecule has 0 aromatic rings. The standard InChI is InChI=1S/C11H21NO2/c1-4-9-5-6-12(8(2)3)10(9)7-11(13)14/h8-10H,4-7H2,1-3H3,(H,13,14)/t9-,10-/m1/s1. The molecule has 0 aromatic carbocycles. The summed E-state index contributed by atoms with van der Waals surface area (Å²) in [6, 6.07) is 0.730. The SMILES string of the molecule is CC[C@@H]1CCN(C(C)C)[C@@H]1CC(=O)O. The summed E-state index contributed by atoms with van der Waals surface area (Å²) in [7, 11) is 0. The number of aliphatic carboxylic acids is 1. The van der Waals surface area contributed by atoms with Crippen LogP contribution in [0.15, 0.2) is 0 Å². The summed E-state index contributed by atoms with van der Waals surface area (Å²) < 4.78 is 0. The number of nitrogens with zero attached hydrogens (tertiary/aromatic N) is 1. The minimum Gasteiger partial charge on any atom is -0.481 e. The van der Waals surface area contributed by atoms with E-state index in [0.717, 1.165) is 19.4 Å². The van der Waals surface area contributed by atoms with Gasteiger partial charge in [-0.2, -0.15) is 0 Å². The van der Waals surface area contributed by atoms with Gasteiger partial charge in [0.2, 0.25) is 0 Å². The average Bonchev–Trinajstić information content (AvgIpc) is 2.46. The van der Waals surface area contributed by atoms with Crippen LogP contribution in [0, 0.1) is 5.92 Å². The molecule has 1 aliphatic rings. The van der Waals surface area contributed by atoms with Crippen molar-refractivity contribution < 1.29 is 9.90 Å². The van der Waals surface area contributed by atoms with Crippen molar-refractivity contribution in [2.24, 2.45) is 5.92 Å². The fourth-order valence-corrected chi connectivity index (χ4v) is 2.52. The molecule has 1 N–H and O–H groups in total. The van der Waals surface area contributed by atoms with Crippen molar-refractivity contribution >= 4 is 5.97 Å². The molecule has 0 bridgehead atoms. The van der Waals surface area contributed by atoms with Gasteiger partial charge in [-0.3, -0.25) is 9.69 Å². The normalized spacial score (nSPS) is 28.6. The van der Waals surface area contributed by atoms with Gasteiger partial charge in [-0.05, 0) is 32.7 Å². The summed E-state index contributed by atoms with van der Waals surface area (Å²) >= 11 is 0. The van der Waals surface area contributed by atoms with E-state index in [9.17, 15) is 4.79 Å². The highest BCUT2D eigenvalue weighted by Gasteiger charge is 2.35. The van der Waals surface area contributed by atoms with E-state index in [2.05, 4.69) is 25.7 Å². The quantitative estimate of drug-likeness (QED) is 0.752. The number of hydrogen-bond donors (Lipinski definition) is 1. The highest BCUT2D eigenvalue weighted by atomic mass is 16.4. The summed E-state index contributed by atoms with van der Waals surface area (Å²) in [5.74, 6) is -0.0884. The number of carbonyl (C=O) groups is 1. The van der Waals surface area contributed by atoms with E-state index in [1.54, 1.807) is 0 Å². The van der Waals surface area contributed by atoms with Crippen LogP contribution >= 0.6 is 0 Å². The predicted molar refractivity (Wildman–Crippen MR) is 56.3 cm³/mol. The second-order valence-corrected chi connectivity index (χ2v) is 4.45. The molecule has 1 saturated heterocycles. The summed E-state index contributed by atoms with van der Waals surface area (Å²) in [6.45, 7) is 7.51. The molecule has 1 aliphatic heterocycles. The van der Waals surface area contributed by atoms with Crippen molar-refractivity contribution in [1.29, 1.82) is 0 Å². The Hall–Kier alpha value is -0.570. The summed E-state index contributed by atoms with van der Waals surface area (Å²) in [6.07, 6.45) is 2.56. The molecule has 82 valence electrons. The second kappa shape index (κ2) is 4.78. The van der Waals surface area contributed by atoms with Crippen LogP contribution in [0.2, 0.25) is 0 Å². The zero-order chi connectivity index (χ0) is 10.7. The lowest BCUT2D eigenvalue weighted by Crippen LogP contribution is -2.39. The Kier molecular flexibility index (Phi) is 3.93. The van der Waals surface area contributed by atoms with Crippen LogP contribution < -0.4 is 0 Å². The van der Waals surface area contributed by atoms with E-state index >= 15 is 0 Å². The molecular formula is C11H21NO2. The van der Waals surface area contributed by atoms with E-state index in [-0.39, 0.29) is 6.04 Å². The maximum Gasteiger partial charge on any atom is 0.304 e. The van der Waals surface area contributed by atoms with Gasteiger partial charge in [-0.15, -0.1) is 0 Å². The second-order valence-electron chi connectivity index (χ2n) is 4.45. The van der Waals surface area contributed by atoms with Gasteiger partial charge in [-0.1, -0.05) is 13.3 Å². The Balaban J connectivity index is 2.65. The molecule has 0 radical (unpaired) electrons. The Labute approximate surface area is 86.1 Å². The van der Waals surface area contributed by atoms with Gasteiger partial charge in [0.05, 0.1) is 6.42 Å². The number of rotatable bonds is 4. The van der Waals surface area contributed by atoms with Crippen LogP contribution in [0.25, 0.3) is 0 Å². The lowest BCUT2D eigenvalue weighted by Gasteiger charge is -2.29. The molecule has 0 saturated carbocycles. The maximum absolute atomic E-state index is 10.8. The summed E-state index contributed by atoms with van der Waals surface area (Å²) in [5.41, 5.74) is 0. The van der Waals surface area contributed by atoms with Gasteiger partial charge < -0.3 is 5.11 Å². The molecule has 0 aliphatic carbocycles. The van der Waals surface area contributed by atoms with Gasteiger partial charge in [0.1, 0.15) is 0 Å². The number of likely N-dealkylation sites (tertiary alicyclic amines) is 1. The third-order valence-electron chi connectivity index (χ3n) is 3.30. The molecule has 0 aromatic heterocycles. The lowest BCUT2D eigenvalue weighted by molar-refractivity contribution is -0.138. The van der Waals surface area contributed by atoms with E-state index in [1.165, 1.54) is 0 Å². The van der Waals surface area contributed by atoms with Gasteiger partial charge in [0, 0.05) is 12.1 Å². The monoisotopic (exact) mass is 199 g/mol. The first kappa shape index (κ1) is 11.5. The smallest absolute Gasteiger partial charge is 0.304 e. The highest BCUT2D eigenvalue weighted by molar-refractivity contribution is 5.67. The van der Waals surface area contributed by atoms with Crippen LogP contribution in [0.1, 0.15) is 40.0 Å². The van der Waals surface area contributed by atoms with Crippen LogP contribution in [0.4, 0.5) is 0 Å². The largest absolute Gasteiger partial charge is 0.481 e. The van der Waals surface area contributed by atoms with Crippen molar-refractivity contribution in [1.82, 2.24) is 4.90 Å². The van der Waals surface area contributed by atoms with Crippen LogP contribution in [0.3, 0.4) is 0 Å². The van der Waals surface area contributed by atoms with E-state index in [1.807, 2.05) is 0 Å². The fourth-order valence-electron chi connectivity index (χ4n) is 2.52. The van der Waals surface area contributed by atoms with Crippen molar-refractivity contribution in [2.75, 3.05) is 6.54 Å². The Morgan fingerprint density at radius 3 is 2.64 bits per heavy atom. The minimum absolute atomic E-state index is 0.262. The first-order valence-corrected chi connectivity index (χ1v) is 5.53. The highest BCUT2D eigenvalue weighted by Crippen LogP contribution is 2.30. The van der Waals surface area contributed by atoms with Gasteiger partial charge in [0.25, 0.3) is 0 Å². The fraction of sp³-hybridized carbons (Fsp3) is 0.909. The Morgan fingerprint density at radius 1 is 1.57 bits per heavy atom. The zero-order valence-electron chi connectivity index (χ0n) is 9.36. The summed E-state index contributed by atoms with van der Waals surface area (Å²) in [4.78, 5) is 13.1. The van der Waals surface area contributed by atoms with Crippen LogP contribution in [-0.2, 0) is 4.79 Å². The number of carboxylic acid groups (broad SMARTS) is 1. The molecule has 1 rings (SSSR count).